The lowest BCUT2D eigenvalue weighted by atomic mass is 10.2. The molecule has 108 valence electrons. The van der Waals surface area contributed by atoms with Crippen LogP contribution in [-0.2, 0) is 16.8 Å². The summed E-state index contributed by atoms with van der Waals surface area (Å²) in [4.78, 5) is 0. The first-order valence-corrected chi connectivity index (χ1v) is 8.02. The normalized spacial score (nSPS) is 11.9. The van der Waals surface area contributed by atoms with Crippen molar-refractivity contribution in [3.05, 3.63) is 29.8 Å². The standard InChI is InChI=1S/C13H23N3O2S/c1-3-9-15-19(17,18)16(10-4-2)11-12-5-7-13(14)8-6-12/h5-8,15H,3-4,9-11,14H2,1-2H3. The van der Waals surface area contributed by atoms with E-state index >= 15 is 0 Å². The van der Waals surface area contributed by atoms with E-state index in [1.165, 1.54) is 4.31 Å². The Morgan fingerprint density at radius 3 is 2.32 bits per heavy atom. The molecular formula is C13H23N3O2S. The van der Waals surface area contributed by atoms with Gasteiger partial charge in [0.05, 0.1) is 0 Å². The van der Waals surface area contributed by atoms with Crippen LogP contribution in [0.1, 0.15) is 32.3 Å². The summed E-state index contributed by atoms with van der Waals surface area (Å²) >= 11 is 0. The monoisotopic (exact) mass is 285 g/mol. The Hall–Kier alpha value is -1.11. The second-order valence-corrected chi connectivity index (χ2v) is 6.23. The number of nitrogens with two attached hydrogens (primary N) is 1. The molecule has 3 N–H and O–H groups in total. The largest absolute Gasteiger partial charge is 0.399 e. The van der Waals surface area contributed by atoms with Crippen LogP contribution in [0, 0.1) is 0 Å². The predicted molar refractivity (Wildman–Crippen MR) is 78.8 cm³/mol. The second kappa shape index (κ2) is 7.47. The van der Waals surface area contributed by atoms with E-state index in [4.69, 9.17) is 5.73 Å². The Kier molecular flexibility index (Phi) is 6.27. The third kappa shape index (κ3) is 5.18. The van der Waals surface area contributed by atoms with Gasteiger partial charge in [-0.2, -0.15) is 12.7 Å². The molecule has 0 fully saturated rings. The molecular weight excluding hydrogens is 262 g/mol. The van der Waals surface area contributed by atoms with Crippen molar-refractivity contribution < 1.29 is 8.42 Å². The number of nitrogens with zero attached hydrogens (tertiary/aromatic N) is 1. The highest BCUT2D eigenvalue weighted by Crippen LogP contribution is 2.11. The molecule has 1 aromatic carbocycles. The highest BCUT2D eigenvalue weighted by atomic mass is 32.2. The smallest absolute Gasteiger partial charge is 0.279 e. The molecule has 0 spiro atoms. The van der Waals surface area contributed by atoms with Gasteiger partial charge < -0.3 is 5.73 Å². The van der Waals surface area contributed by atoms with Crippen LogP contribution in [0.3, 0.4) is 0 Å². The Morgan fingerprint density at radius 2 is 1.79 bits per heavy atom. The summed E-state index contributed by atoms with van der Waals surface area (Å²) in [6, 6.07) is 7.28. The number of benzene rings is 1. The summed E-state index contributed by atoms with van der Waals surface area (Å²) in [5.41, 5.74) is 7.24. The lowest BCUT2D eigenvalue weighted by Crippen LogP contribution is -2.41. The third-order valence-electron chi connectivity index (χ3n) is 2.69. The molecule has 0 amide bonds. The Bertz CT molecular complexity index is 471. The first-order valence-electron chi connectivity index (χ1n) is 6.58. The van der Waals surface area contributed by atoms with Crippen molar-refractivity contribution in [1.29, 1.82) is 0 Å². The SMILES string of the molecule is CCCNS(=O)(=O)N(CCC)Cc1ccc(N)cc1. The first-order chi connectivity index (χ1) is 8.99. The zero-order chi connectivity index (χ0) is 14.3. The van der Waals surface area contributed by atoms with Crippen molar-refractivity contribution in [2.45, 2.75) is 33.2 Å². The van der Waals surface area contributed by atoms with Crippen LogP contribution >= 0.6 is 0 Å². The van der Waals surface area contributed by atoms with E-state index in [1.807, 2.05) is 26.0 Å². The van der Waals surface area contributed by atoms with Crippen LogP contribution in [0.5, 0.6) is 0 Å². The van der Waals surface area contributed by atoms with Crippen molar-refractivity contribution in [3.63, 3.8) is 0 Å². The average Bonchev–Trinajstić information content (AvgIpc) is 2.38. The van der Waals surface area contributed by atoms with Gasteiger partial charge in [-0.1, -0.05) is 26.0 Å². The third-order valence-corrected chi connectivity index (χ3v) is 4.25. The molecule has 5 nitrogen and oxygen atoms in total. The number of rotatable bonds is 8. The van der Waals surface area contributed by atoms with Gasteiger partial charge in [-0.3, -0.25) is 0 Å². The maximum Gasteiger partial charge on any atom is 0.279 e. The van der Waals surface area contributed by atoms with Crippen LogP contribution < -0.4 is 10.5 Å². The minimum Gasteiger partial charge on any atom is -0.399 e. The summed E-state index contributed by atoms with van der Waals surface area (Å²) in [5, 5.41) is 0. The molecule has 19 heavy (non-hydrogen) atoms. The van der Waals surface area contributed by atoms with Gasteiger partial charge in [0.25, 0.3) is 10.2 Å². The van der Waals surface area contributed by atoms with Gasteiger partial charge in [0.1, 0.15) is 0 Å². The molecule has 0 radical (unpaired) electrons. The van der Waals surface area contributed by atoms with Crippen molar-refractivity contribution in [1.82, 2.24) is 9.03 Å². The molecule has 0 saturated heterocycles. The summed E-state index contributed by atoms with van der Waals surface area (Å²) in [6.07, 6.45) is 1.56. The lowest BCUT2D eigenvalue weighted by molar-refractivity contribution is 0.397. The number of nitrogen functional groups attached to an aromatic ring is 1. The fourth-order valence-corrected chi connectivity index (χ4v) is 3.07. The van der Waals surface area contributed by atoms with Crippen LogP contribution in [0.2, 0.25) is 0 Å². The Balaban J connectivity index is 2.79. The molecule has 1 aromatic rings. The van der Waals surface area contributed by atoms with Gasteiger partial charge in [0.2, 0.25) is 0 Å². The van der Waals surface area contributed by atoms with Crippen LogP contribution in [0.4, 0.5) is 5.69 Å². The summed E-state index contributed by atoms with van der Waals surface area (Å²) in [5.74, 6) is 0. The van der Waals surface area contributed by atoms with E-state index < -0.39 is 10.2 Å². The molecule has 0 unspecified atom stereocenters. The molecule has 0 aliphatic heterocycles. The molecule has 0 aliphatic rings. The topological polar surface area (TPSA) is 75.4 Å². The highest BCUT2D eigenvalue weighted by molar-refractivity contribution is 7.87. The quantitative estimate of drug-likeness (QED) is 0.714. The summed E-state index contributed by atoms with van der Waals surface area (Å²) in [6.45, 7) is 5.23. The van der Waals surface area contributed by atoms with Crippen molar-refractivity contribution in [3.8, 4) is 0 Å². The average molecular weight is 285 g/mol. The number of anilines is 1. The minimum atomic E-state index is -3.40. The zero-order valence-corrected chi connectivity index (χ0v) is 12.4. The van der Waals surface area contributed by atoms with Gasteiger partial charge in [-0.15, -0.1) is 0 Å². The first kappa shape index (κ1) is 15.9. The number of hydrogen-bond acceptors (Lipinski definition) is 3. The Morgan fingerprint density at radius 1 is 1.16 bits per heavy atom. The molecule has 0 aromatic heterocycles. The Labute approximate surface area is 116 Å². The predicted octanol–water partition coefficient (Wildman–Crippen LogP) is 1.73. The van der Waals surface area contributed by atoms with E-state index in [9.17, 15) is 8.42 Å². The molecule has 0 bridgehead atoms. The van der Waals surface area contributed by atoms with Gasteiger partial charge in [0, 0.05) is 25.3 Å². The summed E-state index contributed by atoms with van der Waals surface area (Å²) < 4.78 is 28.3. The molecule has 0 atom stereocenters. The van der Waals surface area contributed by atoms with Crippen LogP contribution in [0.15, 0.2) is 24.3 Å². The van der Waals surface area contributed by atoms with Crippen LogP contribution in [0.25, 0.3) is 0 Å². The van der Waals surface area contributed by atoms with Gasteiger partial charge >= 0.3 is 0 Å². The van der Waals surface area contributed by atoms with E-state index in [1.54, 1.807) is 12.1 Å². The fourth-order valence-electron chi connectivity index (χ4n) is 1.68. The van der Waals surface area contributed by atoms with Crippen molar-refractivity contribution >= 4 is 15.9 Å². The maximum atomic E-state index is 12.1. The fraction of sp³-hybridized carbons (Fsp3) is 0.538. The second-order valence-electron chi connectivity index (χ2n) is 4.47. The van der Waals surface area contributed by atoms with E-state index in [0.29, 0.717) is 25.3 Å². The van der Waals surface area contributed by atoms with Crippen molar-refractivity contribution in [2.24, 2.45) is 0 Å². The lowest BCUT2D eigenvalue weighted by Gasteiger charge is -2.22. The molecule has 0 saturated carbocycles. The molecule has 6 heteroatoms. The molecule has 1 rings (SSSR count). The van der Waals surface area contributed by atoms with Crippen LogP contribution in [-0.4, -0.2) is 25.8 Å². The van der Waals surface area contributed by atoms with Crippen molar-refractivity contribution in [2.75, 3.05) is 18.8 Å². The van der Waals surface area contributed by atoms with Gasteiger partial charge in [0.15, 0.2) is 0 Å². The number of hydrogen-bond donors (Lipinski definition) is 2. The molecule has 0 aliphatic carbocycles. The van der Waals surface area contributed by atoms with E-state index in [0.717, 1.165) is 18.4 Å². The van der Waals surface area contributed by atoms with Gasteiger partial charge in [-0.25, -0.2) is 4.72 Å². The highest BCUT2D eigenvalue weighted by Gasteiger charge is 2.20. The maximum absolute atomic E-state index is 12.1. The minimum absolute atomic E-state index is 0.368. The molecule has 0 heterocycles. The zero-order valence-electron chi connectivity index (χ0n) is 11.6. The van der Waals surface area contributed by atoms with Gasteiger partial charge in [-0.05, 0) is 30.5 Å². The number of nitrogens with one attached hydrogen (secondary N) is 1. The summed E-state index contributed by atoms with van der Waals surface area (Å²) in [7, 11) is -3.40. The van der Waals surface area contributed by atoms with E-state index in [2.05, 4.69) is 4.72 Å². The van der Waals surface area contributed by atoms with E-state index in [-0.39, 0.29) is 0 Å².